The van der Waals surface area contributed by atoms with Gasteiger partial charge >= 0.3 is 0 Å². The van der Waals surface area contributed by atoms with Crippen molar-refractivity contribution in [3.63, 3.8) is 0 Å². The highest BCUT2D eigenvalue weighted by atomic mass is 19.3. The van der Waals surface area contributed by atoms with Crippen molar-refractivity contribution in [1.82, 2.24) is 0 Å². The van der Waals surface area contributed by atoms with E-state index in [1.165, 1.54) is 7.11 Å². The second-order valence-electron chi connectivity index (χ2n) is 4.91. The number of hydrogen-bond donors (Lipinski definition) is 1. The van der Waals surface area contributed by atoms with Gasteiger partial charge in [-0.25, -0.2) is 8.78 Å². The van der Waals surface area contributed by atoms with Crippen LogP contribution in [0.5, 0.6) is 5.75 Å². The zero-order valence-corrected chi connectivity index (χ0v) is 10.6. The van der Waals surface area contributed by atoms with E-state index in [4.69, 9.17) is 10.5 Å². The van der Waals surface area contributed by atoms with Gasteiger partial charge in [0.2, 0.25) is 0 Å². The molecule has 0 saturated heterocycles. The summed E-state index contributed by atoms with van der Waals surface area (Å²) >= 11 is 0. The Morgan fingerprint density at radius 2 is 2.00 bits per heavy atom. The molecule has 2 rings (SSSR count). The summed E-state index contributed by atoms with van der Waals surface area (Å²) in [4.78, 5) is 0. The minimum absolute atomic E-state index is 0.0207. The van der Waals surface area contributed by atoms with Crippen molar-refractivity contribution in [2.45, 2.75) is 37.5 Å². The fourth-order valence-electron chi connectivity index (χ4n) is 3.04. The van der Waals surface area contributed by atoms with Crippen molar-refractivity contribution in [1.29, 1.82) is 0 Å². The fraction of sp³-hybridized carbons (Fsp3) is 0.571. The summed E-state index contributed by atoms with van der Waals surface area (Å²) in [5, 5.41) is 0. The first-order valence-corrected chi connectivity index (χ1v) is 6.30. The van der Waals surface area contributed by atoms with E-state index in [1.807, 2.05) is 0 Å². The van der Waals surface area contributed by atoms with Crippen molar-refractivity contribution in [3.8, 4) is 5.75 Å². The molecular weight excluding hydrogens is 236 g/mol. The Kier molecular flexibility index (Phi) is 3.85. The first kappa shape index (κ1) is 13.3. The fourth-order valence-corrected chi connectivity index (χ4v) is 3.04. The molecule has 1 fully saturated rings. The van der Waals surface area contributed by atoms with Crippen molar-refractivity contribution >= 4 is 0 Å². The summed E-state index contributed by atoms with van der Waals surface area (Å²) < 4.78 is 31.7. The van der Waals surface area contributed by atoms with E-state index in [0.717, 1.165) is 25.7 Å². The van der Waals surface area contributed by atoms with Crippen LogP contribution in [0.3, 0.4) is 0 Å². The monoisotopic (exact) mass is 255 g/mol. The van der Waals surface area contributed by atoms with E-state index in [-0.39, 0.29) is 16.7 Å². The predicted molar refractivity (Wildman–Crippen MR) is 67.2 cm³/mol. The highest BCUT2D eigenvalue weighted by molar-refractivity contribution is 5.46. The maximum atomic E-state index is 13.3. The maximum Gasteiger partial charge on any atom is 0.267 e. The van der Waals surface area contributed by atoms with Crippen LogP contribution in [-0.4, -0.2) is 13.7 Å². The minimum atomic E-state index is -2.53. The van der Waals surface area contributed by atoms with Crippen molar-refractivity contribution in [2.24, 2.45) is 5.73 Å². The third kappa shape index (κ3) is 2.09. The second kappa shape index (κ2) is 5.22. The van der Waals surface area contributed by atoms with Crippen LogP contribution >= 0.6 is 0 Å². The lowest BCUT2D eigenvalue weighted by Crippen LogP contribution is -2.33. The van der Waals surface area contributed by atoms with Crippen LogP contribution in [0.25, 0.3) is 0 Å². The van der Waals surface area contributed by atoms with E-state index < -0.39 is 6.43 Å². The van der Waals surface area contributed by atoms with Gasteiger partial charge in [0.25, 0.3) is 6.43 Å². The molecule has 0 bridgehead atoms. The van der Waals surface area contributed by atoms with E-state index in [2.05, 4.69) is 0 Å². The Balaban J connectivity index is 2.55. The van der Waals surface area contributed by atoms with Gasteiger partial charge in [-0.3, -0.25) is 0 Å². The van der Waals surface area contributed by atoms with Crippen LogP contribution in [0.1, 0.15) is 43.2 Å². The summed E-state index contributed by atoms with van der Waals surface area (Å²) in [6, 6.07) is 5.14. The summed E-state index contributed by atoms with van der Waals surface area (Å²) in [5.74, 6) is 0.266. The molecule has 0 unspecified atom stereocenters. The zero-order chi connectivity index (χ0) is 13.2. The Bertz CT molecular complexity index is 414. The van der Waals surface area contributed by atoms with Gasteiger partial charge in [-0.1, -0.05) is 25.0 Å². The molecule has 0 radical (unpaired) electrons. The number of alkyl halides is 2. The number of hydrogen-bond acceptors (Lipinski definition) is 2. The summed E-state index contributed by atoms with van der Waals surface area (Å²) in [6.45, 7) is 0.417. The molecule has 0 aromatic heterocycles. The van der Waals surface area contributed by atoms with E-state index in [9.17, 15) is 8.78 Å². The van der Waals surface area contributed by atoms with Crippen LogP contribution < -0.4 is 10.5 Å². The lowest BCUT2D eigenvalue weighted by Gasteiger charge is -2.30. The Morgan fingerprint density at radius 1 is 1.33 bits per heavy atom. The molecule has 4 heteroatoms. The number of benzene rings is 1. The molecule has 1 aromatic carbocycles. The number of rotatable bonds is 4. The highest BCUT2D eigenvalue weighted by Crippen LogP contribution is 2.46. The lowest BCUT2D eigenvalue weighted by atomic mass is 9.76. The van der Waals surface area contributed by atoms with Gasteiger partial charge in [0, 0.05) is 12.0 Å². The van der Waals surface area contributed by atoms with Crippen LogP contribution in [0.2, 0.25) is 0 Å². The maximum absolute atomic E-state index is 13.3. The van der Waals surface area contributed by atoms with Gasteiger partial charge in [-0.2, -0.15) is 0 Å². The summed E-state index contributed by atoms with van der Waals surface area (Å²) in [7, 11) is 1.43. The number of nitrogens with two attached hydrogens (primary N) is 1. The molecule has 1 aromatic rings. The van der Waals surface area contributed by atoms with Gasteiger partial charge < -0.3 is 10.5 Å². The molecule has 0 amide bonds. The molecule has 0 heterocycles. The molecule has 1 aliphatic carbocycles. The highest BCUT2D eigenvalue weighted by Gasteiger charge is 2.38. The number of ether oxygens (including phenoxy) is 1. The van der Waals surface area contributed by atoms with Gasteiger partial charge in [-0.05, 0) is 24.5 Å². The van der Waals surface area contributed by atoms with Crippen molar-refractivity contribution < 1.29 is 13.5 Å². The average Bonchev–Trinajstić information content (AvgIpc) is 2.87. The third-order valence-electron chi connectivity index (χ3n) is 4.03. The second-order valence-corrected chi connectivity index (χ2v) is 4.91. The van der Waals surface area contributed by atoms with Gasteiger partial charge in [0.1, 0.15) is 5.75 Å². The summed E-state index contributed by atoms with van der Waals surface area (Å²) in [5.41, 5.74) is 6.28. The van der Waals surface area contributed by atoms with Gasteiger partial charge in [0.05, 0.1) is 12.7 Å². The molecule has 1 aliphatic rings. The predicted octanol–water partition coefficient (Wildman–Crippen LogP) is 3.40. The quantitative estimate of drug-likeness (QED) is 0.895. The lowest BCUT2D eigenvalue weighted by molar-refractivity contribution is 0.143. The average molecular weight is 255 g/mol. The smallest absolute Gasteiger partial charge is 0.267 e. The minimum Gasteiger partial charge on any atom is -0.496 e. The van der Waals surface area contributed by atoms with Crippen LogP contribution in [0, 0.1) is 0 Å². The Morgan fingerprint density at radius 3 is 2.50 bits per heavy atom. The molecular formula is C14H19F2NO. The van der Waals surface area contributed by atoms with Gasteiger partial charge in [0.15, 0.2) is 0 Å². The Labute approximate surface area is 106 Å². The number of methoxy groups -OCH3 is 1. The molecule has 2 N–H and O–H groups in total. The number of halogens is 2. The molecule has 0 spiro atoms. The topological polar surface area (TPSA) is 35.2 Å². The van der Waals surface area contributed by atoms with E-state index >= 15 is 0 Å². The van der Waals surface area contributed by atoms with Crippen LogP contribution in [0.4, 0.5) is 8.78 Å². The van der Waals surface area contributed by atoms with Crippen molar-refractivity contribution in [2.75, 3.05) is 13.7 Å². The molecule has 0 aliphatic heterocycles. The zero-order valence-electron chi connectivity index (χ0n) is 10.6. The Hall–Kier alpha value is -1.16. The largest absolute Gasteiger partial charge is 0.496 e. The van der Waals surface area contributed by atoms with Crippen molar-refractivity contribution in [3.05, 3.63) is 29.3 Å². The summed E-state index contributed by atoms with van der Waals surface area (Å²) in [6.07, 6.45) is 1.35. The molecule has 18 heavy (non-hydrogen) atoms. The SMILES string of the molecule is COc1cccc(C2(CN)CCCC2)c1C(F)F. The van der Waals surface area contributed by atoms with E-state index in [0.29, 0.717) is 12.1 Å². The van der Waals surface area contributed by atoms with Gasteiger partial charge in [-0.15, -0.1) is 0 Å². The van der Waals surface area contributed by atoms with Crippen LogP contribution in [0.15, 0.2) is 18.2 Å². The first-order valence-electron chi connectivity index (χ1n) is 6.30. The standard InChI is InChI=1S/C14H19F2NO/c1-18-11-6-4-5-10(12(11)13(15)16)14(9-17)7-2-3-8-14/h4-6,13H,2-3,7-9,17H2,1H3. The molecule has 100 valence electrons. The van der Waals surface area contributed by atoms with Crippen LogP contribution in [-0.2, 0) is 5.41 Å². The molecule has 1 saturated carbocycles. The molecule has 0 atom stereocenters. The molecule has 2 nitrogen and oxygen atoms in total. The first-order chi connectivity index (χ1) is 8.64. The normalized spacial score (nSPS) is 18.3. The third-order valence-corrected chi connectivity index (χ3v) is 4.03. The van der Waals surface area contributed by atoms with E-state index in [1.54, 1.807) is 18.2 Å².